The number of alkyl carbamates (subject to hydrolysis) is 1. The van der Waals surface area contributed by atoms with E-state index in [9.17, 15) is 33.6 Å². The van der Waals surface area contributed by atoms with Crippen molar-refractivity contribution in [2.24, 2.45) is 11.7 Å². The van der Waals surface area contributed by atoms with Crippen LogP contribution in [0, 0.1) is 5.92 Å². The van der Waals surface area contributed by atoms with E-state index in [4.69, 9.17) is 16.2 Å². The SMILES string of the molecule is CCCCCc1cc2c(CCCCCNC(=O)OCc3ccc(NC(=O)[C@H](CCCNC(N)=O)NC(=O)C(NC(=O)CCCCCN4C(=O)C=CC4=O)C(C)C)cc3)cccc2nc1N. The lowest BCUT2D eigenvalue weighted by atomic mass is 9.99. The molecule has 0 fully saturated rings. The summed E-state index contributed by atoms with van der Waals surface area (Å²) in [6.45, 7) is 6.68. The molecule has 2 heterocycles. The second kappa shape index (κ2) is 27.0. The molecule has 0 spiro atoms. The van der Waals surface area contributed by atoms with E-state index in [1.165, 1.54) is 17.7 Å². The number of amides is 8. The van der Waals surface area contributed by atoms with Crippen LogP contribution >= 0.6 is 0 Å². The molecule has 4 rings (SSSR count). The Kier molecular flexibility index (Phi) is 21.2. The Bertz CT molecular complexity index is 2110. The molecule has 0 saturated heterocycles. The molecule has 1 aromatic heterocycles. The van der Waals surface area contributed by atoms with E-state index in [2.05, 4.69) is 50.6 Å². The van der Waals surface area contributed by atoms with Gasteiger partial charge in [0.15, 0.2) is 0 Å². The molecule has 1 unspecified atom stereocenters. The van der Waals surface area contributed by atoms with Crippen LogP contribution in [0.1, 0.15) is 115 Å². The van der Waals surface area contributed by atoms with Crippen LogP contribution in [0.3, 0.4) is 0 Å². The minimum absolute atomic E-state index is 0.0202. The van der Waals surface area contributed by atoms with Crippen molar-refractivity contribution < 1.29 is 38.3 Å². The first-order valence-electron chi connectivity index (χ1n) is 22.9. The van der Waals surface area contributed by atoms with Crippen molar-refractivity contribution in [1.82, 2.24) is 31.2 Å². The van der Waals surface area contributed by atoms with E-state index in [1.54, 1.807) is 38.1 Å². The Morgan fingerprint density at radius 1 is 0.769 bits per heavy atom. The average molecular weight is 898 g/mol. The monoisotopic (exact) mass is 898 g/mol. The number of nitrogens with two attached hydrogens (primary N) is 2. The average Bonchev–Trinajstić information content (AvgIpc) is 3.59. The van der Waals surface area contributed by atoms with Crippen LogP contribution in [0.5, 0.6) is 0 Å². The van der Waals surface area contributed by atoms with Gasteiger partial charge < -0.3 is 42.8 Å². The predicted molar refractivity (Wildman–Crippen MR) is 250 cm³/mol. The highest BCUT2D eigenvalue weighted by Gasteiger charge is 2.29. The Hall–Kier alpha value is -6.52. The van der Waals surface area contributed by atoms with Crippen molar-refractivity contribution in [3.63, 3.8) is 0 Å². The standard InChI is InChI=1S/C48H67N9O8/c1-4-5-8-16-35-30-37-34(17-13-18-38(37)54-44(35)49)15-9-6-11-27-52-48(64)65-31-33-21-23-36(24-22-33)53-45(61)39(19-14-28-51-47(50)63)55-46(62)43(32(2)3)56-40(58)20-10-7-12-29-57-41(59)25-26-42(57)60/h13,17-18,21-26,30,32,39,43H,4-12,14-16,19-20,27-29,31H2,1-3H3,(H2,49,54)(H,52,64)(H,53,61)(H,55,62)(H,56,58)(H3,50,51,63)/t39-,43?/m0/s1. The third-order valence-corrected chi connectivity index (χ3v) is 11.1. The third kappa shape index (κ3) is 17.5. The number of benzene rings is 2. The highest BCUT2D eigenvalue weighted by molar-refractivity contribution is 6.12. The number of rotatable bonds is 28. The van der Waals surface area contributed by atoms with Gasteiger partial charge in [0.1, 0.15) is 24.5 Å². The highest BCUT2D eigenvalue weighted by Crippen LogP contribution is 2.25. The number of pyridine rings is 1. The van der Waals surface area contributed by atoms with Crippen LogP contribution in [0.2, 0.25) is 0 Å². The predicted octanol–water partition coefficient (Wildman–Crippen LogP) is 5.69. The summed E-state index contributed by atoms with van der Waals surface area (Å²) >= 11 is 0. The smallest absolute Gasteiger partial charge is 0.407 e. The summed E-state index contributed by atoms with van der Waals surface area (Å²) in [4.78, 5) is 92.8. The van der Waals surface area contributed by atoms with E-state index < -0.39 is 36.0 Å². The number of hydrogen-bond acceptors (Lipinski definition) is 10. The van der Waals surface area contributed by atoms with Gasteiger partial charge in [0, 0.05) is 49.3 Å². The number of aryl methyl sites for hydroxylation is 2. The summed E-state index contributed by atoms with van der Waals surface area (Å²) in [7, 11) is 0. The second-order valence-corrected chi connectivity index (χ2v) is 16.7. The Morgan fingerprint density at radius 3 is 2.17 bits per heavy atom. The number of hydrogen-bond donors (Lipinski definition) is 7. The van der Waals surface area contributed by atoms with E-state index in [-0.39, 0.29) is 56.2 Å². The molecule has 1 aliphatic rings. The molecule has 65 heavy (non-hydrogen) atoms. The van der Waals surface area contributed by atoms with Crippen molar-refractivity contribution >= 4 is 64.1 Å². The maximum Gasteiger partial charge on any atom is 0.407 e. The lowest BCUT2D eigenvalue weighted by Gasteiger charge is -2.25. The van der Waals surface area contributed by atoms with Crippen LogP contribution < -0.4 is 38.1 Å². The zero-order chi connectivity index (χ0) is 47.1. The Balaban J connectivity index is 1.19. The summed E-state index contributed by atoms with van der Waals surface area (Å²) in [5.41, 5.74) is 15.9. The Morgan fingerprint density at radius 2 is 1.46 bits per heavy atom. The molecule has 17 nitrogen and oxygen atoms in total. The van der Waals surface area contributed by atoms with Gasteiger partial charge in [-0.05, 0) is 105 Å². The van der Waals surface area contributed by atoms with Gasteiger partial charge >= 0.3 is 12.1 Å². The van der Waals surface area contributed by atoms with Crippen molar-refractivity contribution in [2.75, 3.05) is 30.7 Å². The molecule has 8 amide bonds. The molecule has 0 radical (unpaired) electrons. The van der Waals surface area contributed by atoms with Crippen molar-refractivity contribution in [2.45, 2.75) is 129 Å². The molecule has 0 aliphatic carbocycles. The second-order valence-electron chi connectivity index (χ2n) is 16.7. The summed E-state index contributed by atoms with van der Waals surface area (Å²) in [6.07, 6.45) is 12.1. The van der Waals surface area contributed by atoms with Gasteiger partial charge in [0.2, 0.25) is 17.7 Å². The topological polar surface area (TPSA) is 257 Å². The number of unbranched alkanes of at least 4 members (excludes halogenated alkanes) is 6. The van der Waals surface area contributed by atoms with Crippen LogP contribution in [0.4, 0.5) is 21.1 Å². The fourth-order valence-electron chi connectivity index (χ4n) is 7.43. The largest absolute Gasteiger partial charge is 0.445 e. The van der Waals surface area contributed by atoms with Gasteiger partial charge in [-0.15, -0.1) is 0 Å². The number of carbonyl (C=O) groups excluding carboxylic acids is 7. The number of anilines is 2. The van der Waals surface area contributed by atoms with Crippen LogP contribution in [0.25, 0.3) is 10.9 Å². The molecule has 2 aromatic carbocycles. The number of ether oxygens (including phenoxy) is 1. The van der Waals surface area contributed by atoms with E-state index >= 15 is 0 Å². The number of imide groups is 1. The van der Waals surface area contributed by atoms with Gasteiger partial charge in [-0.25, -0.2) is 14.6 Å². The quantitative estimate of drug-likeness (QED) is 0.0346. The molecule has 2 atom stereocenters. The van der Waals surface area contributed by atoms with Gasteiger partial charge in [-0.2, -0.15) is 0 Å². The fraction of sp³-hybridized carbons (Fsp3) is 0.500. The summed E-state index contributed by atoms with van der Waals surface area (Å²) in [5.74, 6) is -1.79. The molecule has 17 heteroatoms. The highest BCUT2D eigenvalue weighted by atomic mass is 16.5. The first-order valence-corrected chi connectivity index (χ1v) is 22.9. The Labute approximate surface area is 381 Å². The van der Waals surface area contributed by atoms with E-state index in [0.717, 1.165) is 72.7 Å². The molecule has 352 valence electrons. The minimum Gasteiger partial charge on any atom is -0.445 e. The molecular weight excluding hydrogens is 831 g/mol. The zero-order valence-electron chi connectivity index (χ0n) is 38.0. The number of fused-ring (bicyclic) bond motifs is 1. The number of nitrogens with zero attached hydrogens (tertiary/aromatic N) is 2. The number of nitrogens with one attached hydrogen (secondary N) is 5. The number of urea groups is 1. The van der Waals surface area contributed by atoms with E-state index in [1.807, 2.05) is 12.1 Å². The van der Waals surface area contributed by atoms with Crippen molar-refractivity contribution in [3.05, 3.63) is 77.4 Å². The summed E-state index contributed by atoms with van der Waals surface area (Å²) in [6, 6.07) is 12.4. The van der Waals surface area contributed by atoms with Crippen LogP contribution in [-0.4, -0.2) is 83.3 Å². The normalized spacial score (nSPS) is 13.1. The zero-order valence-corrected chi connectivity index (χ0v) is 38.0. The fourth-order valence-corrected chi connectivity index (χ4v) is 7.43. The lowest BCUT2D eigenvalue weighted by Crippen LogP contribution is -2.54. The molecule has 0 bridgehead atoms. The summed E-state index contributed by atoms with van der Waals surface area (Å²) < 4.78 is 5.41. The molecule has 0 saturated carbocycles. The first-order chi connectivity index (χ1) is 31.2. The number of carbonyl (C=O) groups is 7. The van der Waals surface area contributed by atoms with Crippen molar-refractivity contribution in [3.8, 4) is 0 Å². The number of primary amides is 1. The molecular formula is C48H67N9O8. The number of nitrogen functional groups attached to an aromatic ring is 1. The van der Waals surface area contributed by atoms with E-state index in [0.29, 0.717) is 49.3 Å². The van der Waals surface area contributed by atoms with Gasteiger partial charge in [0.25, 0.3) is 11.8 Å². The maximum absolute atomic E-state index is 13.5. The molecule has 3 aromatic rings. The maximum atomic E-state index is 13.5. The lowest BCUT2D eigenvalue weighted by molar-refractivity contribution is -0.137. The first kappa shape index (κ1) is 51.1. The van der Waals surface area contributed by atoms with Crippen molar-refractivity contribution in [1.29, 1.82) is 0 Å². The van der Waals surface area contributed by atoms with Gasteiger partial charge in [0.05, 0.1) is 5.52 Å². The summed E-state index contributed by atoms with van der Waals surface area (Å²) in [5, 5.41) is 14.8. The van der Waals surface area contributed by atoms with Crippen LogP contribution in [0.15, 0.2) is 60.7 Å². The molecule has 9 N–H and O–H groups in total. The number of aromatic nitrogens is 1. The minimum atomic E-state index is -1.02. The van der Waals surface area contributed by atoms with Gasteiger partial charge in [-0.3, -0.25) is 28.9 Å². The van der Waals surface area contributed by atoms with Crippen LogP contribution in [-0.2, 0) is 48.2 Å². The third-order valence-electron chi connectivity index (χ3n) is 11.1. The van der Waals surface area contributed by atoms with Gasteiger partial charge in [-0.1, -0.05) is 70.7 Å². The molecule has 1 aliphatic heterocycles.